The molecule has 0 aromatic rings. The van der Waals surface area contributed by atoms with Crippen molar-refractivity contribution in [1.82, 2.24) is 0 Å². The van der Waals surface area contributed by atoms with Gasteiger partial charge in [-0.2, -0.15) is 0 Å². The predicted molar refractivity (Wildman–Crippen MR) is 50.3 cm³/mol. The standard InChI is InChI=1S/C8H17O3P/c1-4-8(5-2,12-10)7(9)11-6-3/h4-6,12H2,1-3H3. The maximum absolute atomic E-state index is 11.4. The number of rotatable bonds is 5. The SMILES string of the molecule is CCOC(=O)C(CC)(CC)[PH2]=O. The van der Waals surface area contributed by atoms with Crippen molar-refractivity contribution in [2.45, 2.75) is 38.8 Å². The van der Waals surface area contributed by atoms with Crippen LogP contribution in [0.3, 0.4) is 0 Å². The number of carbonyl (C=O) groups excluding carboxylic acids is 1. The van der Waals surface area contributed by atoms with E-state index in [1.807, 2.05) is 13.8 Å². The Morgan fingerprint density at radius 2 is 1.83 bits per heavy atom. The first kappa shape index (κ1) is 11.7. The van der Waals surface area contributed by atoms with Crippen molar-refractivity contribution in [3.8, 4) is 0 Å². The first-order valence-corrected chi connectivity index (χ1v) is 5.35. The predicted octanol–water partition coefficient (Wildman–Crippen LogP) is 1.86. The first-order valence-electron chi connectivity index (χ1n) is 4.30. The van der Waals surface area contributed by atoms with E-state index in [0.717, 1.165) is 0 Å². The van der Waals surface area contributed by atoms with Crippen LogP contribution in [0, 0.1) is 0 Å². The van der Waals surface area contributed by atoms with Gasteiger partial charge >= 0.3 is 5.97 Å². The van der Waals surface area contributed by atoms with Crippen LogP contribution in [0.25, 0.3) is 0 Å². The molecule has 0 amide bonds. The molecule has 0 saturated carbocycles. The molecule has 3 nitrogen and oxygen atoms in total. The van der Waals surface area contributed by atoms with E-state index < -0.39 is 13.6 Å². The van der Waals surface area contributed by atoms with E-state index >= 15 is 0 Å². The molecule has 1 unspecified atom stereocenters. The first-order chi connectivity index (χ1) is 5.66. The summed E-state index contributed by atoms with van der Waals surface area (Å²) < 4.78 is 15.8. The maximum atomic E-state index is 11.4. The molecule has 0 spiro atoms. The molecule has 0 aromatic heterocycles. The van der Waals surface area contributed by atoms with E-state index in [0.29, 0.717) is 19.4 Å². The minimum absolute atomic E-state index is 0.306. The molecule has 0 radical (unpaired) electrons. The monoisotopic (exact) mass is 192 g/mol. The number of carbonyl (C=O) groups is 1. The molecule has 0 saturated heterocycles. The van der Waals surface area contributed by atoms with Crippen LogP contribution in [0.5, 0.6) is 0 Å². The van der Waals surface area contributed by atoms with Crippen LogP contribution in [0.15, 0.2) is 0 Å². The lowest BCUT2D eigenvalue weighted by atomic mass is 10.0. The summed E-state index contributed by atoms with van der Waals surface area (Å²) in [5.74, 6) is -0.306. The fourth-order valence-electron chi connectivity index (χ4n) is 1.03. The van der Waals surface area contributed by atoms with Gasteiger partial charge in [0, 0.05) is 0 Å². The highest BCUT2D eigenvalue weighted by Crippen LogP contribution is 2.32. The Bertz CT molecular complexity index is 164. The molecular formula is C8H17O3P. The fourth-order valence-corrected chi connectivity index (χ4v) is 1.54. The van der Waals surface area contributed by atoms with E-state index in [1.54, 1.807) is 6.92 Å². The van der Waals surface area contributed by atoms with Gasteiger partial charge in [-0.25, -0.2) is 0 Å². The van der Waals surface area contributed by atoms with Crippen molar-refractivity contribution in [3.05, 3.63) is 0 Å². The summed E-state index contributed by atoms with van der Waals surface area (Å²) in [6.45, 7) is 5.85. The average molecular weight is 192 g/mol. The van der Waals surface area contributed by atoms with Gasteiger partial charge in [-0.1, -0.05) is 13.8 Å². The Morgan fingerprint density at radius 3 is 2.08 bits per heavy atom. The second-order valence-corrected chi connectivity index (χ2v) is 4.04. The van der Waals surface area contributed by atoms with Gasteiger partial charge in [0.25, 0.3) is 0 Å². The Labute approximate surface area is 74.7 Å². The zero-order chi connectivity index (χ0) is 9.61. The smallest absolute Gasteiger partial charge is 0.319 e. The van der Waals surface area contributed by atoms with Gasteiger partial charge in [-0.3, -0.25) is 4.79 Å². The maximum Gasteiger partial charge on any atom is 0.319 e. The summed E-state index contributed by atoms with van der Waals surface area (Å²) in [4.78, 5) is 11.4. The molecule has 0 aliphatic carbocycles. The summed E-state index contributed by atoms with van der Waals surface area (Å²) in [6.07, 6.45) is 1.20. The molecule has 0 N–H and O–H groups in total. The topological polar surface area (TPSA) is 43.4 Å². The lowest BCUT2D eigenvalue weighted by Crippen LogP contribution is -2.33. The van der Waals surface area contributed by atoms with Crippen molar-refractivity contribution in [2.24, 2.45) is 0 Å². The second-order valence-electron chi connectivity index (χ2n) is 2.70. The molecule has 0 aliphatic rings. The summed E-state index contributed by atoms with van der Waals surface area (Å²) in [5, 5.41) is -0.698. The summed E-state index contributed by atoms with van der Waals surface area (Å²) in [6, 6.07) is 0. The Kier molecular flexibility index (Phi) is 5.23. The molecule has 12 heavy (non-hydrogen) atoms. The van der Waals surface area contributed by atoms with Crippen LogP contribution in [-0.4, -0.2) is 17.7 Å². The molecule has 1 atom stereocenters. The quantitative estimate of drug-likeness (QED) is 0.493. The Morgan fingerprint density at radius 1 is 1.33 bits per heavy atom. The Hall–Kier alpha value is -0.300. The molecule has 0 fully saturated rings. The number of hydrogen-bond donors (Lipinski definition) is 0. The van der Waals surface area contributed by atoms with E-state index in [2.05, 4.69) is 0 Å². The van der Waals surface area contributed by atoms with Gasteiger partial charge in [0.2, 0.25) is 0 Å². The zero-order valence-corrected chi connectivity index (χ0v) is 9.08. The van der Waals surface area contributed by atoms with Gasteiger partial charge in [-0.15, -0.1) is 0 Å². The van der Waals surface area contributed by atoms with Gasteiger partial charge in [-0.05, 0) is 19.8 Å². The van der Waals surface area contributed by atoms with Crippen LogP contribution in [0.4, 0.5) is 0 Å². The fraction of sp³-hybridized carbons (Fsp3) is 0.875. The van der Waals surface area contributed by atoms with E-state index in [-0.39, 0.29) is 5.97 Å². The molecule has 0 rings (SSSR count). The zero-order valence-electron chi connectivity index (χ0n) is 7.92. The normalized spacial score (nSPS) is 12.2. The van der Waals surface area contributed by atoms with Gasteiger partial charge in [0.05, 0.1) is 15.1 Å². The molecule has 0 heterocycles. The van der Waals surface area contributed by atoms with Crippen LogP contribution in [-0.2, 0) is 14.1 Å². The van der Waals surface area contributed by atoms with Crippen LogP contribution < -0.4 is 0 Å². The highest BCUT2D eigenvalue weighted by molar-refractivity contribution is 7.27. The third-order valence-corrected chi connectivity index (χ3v) is 3.67. The highest BCUT2D eigenvalue weighted by atomic mass is 31.1. The minimum atomic E-state index is -1.09. The lowest BCUT2D eigenvalue weighted by Gasteiger charge is -2.22. The second kappa shape index (κ2) is 5.36. The largest absolute Gasteiger partial charge is 0.465 e. The molecule has 0 aromatic carbocycles. The van der Waals surface area contributed by atoms with Crippen LogP contribution in [0.1, 0.15) is 33.6 Å². The van der Waals surface area contributed by atoms with Gasteiger partial charge in [0.1, 0.15) is 5.16 Å². The number of ether oxygens (including phenoxy) is 1. The molecule has 4 heteroatoms. The van der Waals surface area contributed by atoms with E-state index in [9.17, 15) is 9.36 Å². The number of hydrogen-bond acceptors (Lipinski definition) is 3. The van der Waals surface area contributed by atoms with Crippen molar-refractivity contribution >= 4 is 14.4 Å². The third kappa shape index (κ3) is 2.34. The van der Waals surface area contributed by atoms with Crippen molar-refractivity contribution < 1.29 is 14.1 Å². The molecule has 0 bridgehead atoms. The summed E-state index contributed by atoms with van der Waals surface area (Å²) in [7, 11) is -1.09. The molecule has 0 aliphatic heterocycles. The average Bonchev–Trinajstić information content (AvgIpc) is 2.09. The van der Waals surface area contributed by atoms with Crippen LogP contribution >= 0.6 is 8.46 Å². The van der Waals surface area contributed by atoms with Gasteiger partial charge in [0.15, 0.2) is 0 Å². The van der Waals surface area contributed by atoms with Crippen molar-refractivity contribution in [3.63, 3.8) is 0 Å². The third-order valence-electron chi connectivity index (χ3n) is 2.17. The molecular weight excluding hydrogens is 175 g/mol. The number of esters is 1. The van der Waals surface area contributed by atoms with E-state index in [1.165, 1.54) is 0 Å². The summed E-state index contributed by atoms with van der Waals surface area (Å²) in [5.41, 5.74) is 0. The minimum Gasteiger partial charge on any atom is -0.465 e. The van der Waals surface area contributed by atoms with E-state index in [4.69, 9.17) is 4.74 Å². The lowest BCUT2D eigenvalue weighted by molar-refractivity contribution is -0.146. The highest BCUT2D eigenvalue weighted by Gasteiger charge is 2.35. The Balaban J connectivity index is 4.47. The summed E-state index contributed by atoms with van der Waals surface area (Å²) >= 11 is 0. The molecule has 72 valence electrons. The van der Waals surface area contributed by atoms with Crippen LogP contribution in [0.2, 0.25) is 0 Å². The van der Waals surface area contributed by atoms with Crippen molar-refractivity contribution in [1.29, 1.82) is 0 Å². The van der Waals surface area contributed by atoms with Crippen molar-refractivity contribution in [2.75, 3.05) is 6.61 Å². The van der Waals surface area contributed by atoms with Gasteiger partial charge < -0.3 is 9.30 Å².